The van der Waals surface area contributed by atoms with Gasteiger partial charge in [-0.1, -0.05) is 6.07 Å². The van der Waals surface area contributed by atoms with E-state index in [0.717, 1.165) is 33.8 Å². The van der Waals surface area contributed by atoms with Crippen LogP contribution in [0.3, 0.4) is 0 Å². The van der Waals surface area contributed by atoms with E-state index in [2.05, 4.69) is 30.4 Å². The molecule has 0 amide bonds. The summed E-state index contributed by atoms with van der Waals surface area (Å²) in [4.78, 5) is 0. The Balaban J connectivity index is 2.57. The first kappa shape index (κ1) is 14.6. The summed E-state index contributed by atoms with van der Waals surface area (Å²) in [5.74, 6) is 6.60. The minimum Gasteiger partial charge on any atom is -0.496 e. The molecule has 0 aliphatic carbocycles. The fourth-order valence-corrected chi connectivity index (χ4v) is 2.52. The summed E-state index contributed by atoms with van der Waals surface area (Å²) in [5.41, 5.74) is 8.15. The highest BCUT2D eigenvalue weighted by Gasteiger charge is 2.22. The molecule has 0 fully saturated rings. The first-order valence-electron chi connectivity index (χ1n) is 6.59. The van der Waals surface area contributed by atoms with Crippen LogP contribution in [0.15, 0.2) is 18.2 Å². The zero-order chi connectivity index (χ0) is 14.9. The van der Waals surface area contributed by atoms with Gasteiger partial charge in [-0.15, -0.1) is 0 Å². The molecule has 3 N–H and O–H groups in total. The van der Waals surface area contributed by atoms with E-state index in [9.17, 15) is 0 Å². The van der Waals surface area contributed by atoms with Crippen molar-refractivity contribution in [3.8, 4) is 5.75 Å². The molecule has 5 heteroatoms. The third-order valence-corrected chi connectivity index (χ3v) is 3.60. The molecular weight excluding hydrogens is 252 g/mol. The van der Waals surface area contributed by atoms with Gasteiger partial charge in [-0.05, 0) is 44.0 Å². The predicted octanol–water partition coefficient (Wildman–Crippen LogP) is 1.91. The lowest BCUT2D eigenvalue weighted by Gasteiger charge is -2.20. The van der Waals surface area contributed by atoms with Gasteiger partial charge in [-0.25, -0.2) is 5.43 Å². The van der Waals surface area contributed by atoms with E-state index < -0.39 is 0 Å². The molecule has 108 valence electrons. The van der Waals surface area contributed by atoms with Gasteiger partial charge in [-0.2, -0.15) is 5.10 Å². The van der Waals surface area contributed by atoms with Crippen molar-refractivity contribution >= 4 is 0 Å². The summed E-state index contributed by atoms with van der Waals surface area (Å²) in [6.07, 6.45) is 0. The van der Waals surface area contributed by atoms with Gasteiger partial charge in [0.25, 0.3) is 0 Å². The van der Waals surface area contributed by atoms with Gasteiger partial charge < -0.3 is 4.74 Å². The SMILES string of the molecule is COc1cc(C)cc(C)c1C(NN)c1cc(C)n(C)n1. The third kappa shape index (κ3) is 2.55. The van der Waals surface area contributed by atoms with Crippen molar-refractivity contribution in [2.45, 2.75) is 26.8 Å². The van der Waals surface area contributed by atoms with Crippen LogP contribution < -0.4 is 16.0 Å². The Morgan fingerprint density at radius 1 is 1.25 bits per heavy atom. The second-order valence-corrected chi connectivity index (χ2v) is 5.13. The molecule has 0 saturated carbocycles. The number of benzene rings is 1. The molecule has 2 aromatic rings. The Labute approximate surface area is 119 Å². The Morgan fingerprint density at radius 2 is 1.95 bits per heavy atom. The molecule has 20 heavy (non-hydrogen) atoms. The lowest BCUT2D eigenvalue weighted by atomic mass is 9.96. The van der Waals surface area contributed by atoms with E-state index in [0.29, 0.717) is 0 Å². The first-order valence-corrected chi connectivity index (χ1v) is 6.59. The summed E-state index contributed by atoms with van der Waals surface area (Å²) < 4.78 is 7.36. The van der Waals surface area contributed by atoms with Gasteiger partial charge in [0, 0.05) is 18.3 Å². The molecule has 1 heterocycles. The molecule has 0 aliphatic heterocycles. The van der Waals surface area contributed by atoms with E-state index in [-0.39, 0.29) is 6.04 Å². The zero-order valence-electron chi connectivity index (χ0n) is 12.7. The number of aryl methyl sites for hydroxylation is 4. The number of aromatic nitrogens is 2. The number of nitrogens with two attached hydrogens (primary N) is 1. The maximum atomic E-state index is 5.77. The van der Waals surface area contributed by atoms with Gasteiger partial charge in [0.1, 0.15) is 5.75 Å². The summed E-state index contributed by atoms with van der Waals surface area (Å²) in [6, 6.07) is 5.98. The van der Waals surface area contributed by atoms with Crippen LogP contribution in [0.25, 0.3) is 0 Å². The maximum absolute atomic E-state index is 5.77. The number of hydrogen-bond acceptors (Lipinski definition) is 4. The molecule has 0 radical (unpaired) electrons. The van der Waals surface area contributed by atoms with Crippen molar-refractivity contribution in [1.29, 1.82) is 0 Å². The van der Waals surface area contributed by atoms with Crippen LogP contribution in [0.2, 0.25) is 0 Å². The average molecular weight is 274 g/mol. The molecule has 0 saturated heterocycles. The van der Waals surface area contributed by atoms with Gasteiger partial charge in [0.2, 0.25) is 0 Å². The monoisotopic (exact) mass is 274 g/mol. The fraction of sp³-hybridized carbons (Fsp3) is 0.400. The average Bonchev–Trinajstić information content (AvgIpc) is 2.72. The number of ether oxygens (including phenoxy) is 1. The highest BCUT2D eigenvalue weighted by molar-refractivity contribution is 5.47. The lowest BCUT2D eigenvalue weighted by molar-refractivity contribution is 0.402. The van der Waals surface area contributed by atoms with Crippen LogP contribution in [-0.2, 0) is 7.05 Å². The van der Waals surface area contributed by atoms with Crippen molar-refractivity contribution in [3.63, 3.8) is 0 Å². The Morgan fingerprint density at radius 3 is 2.45 bits per heavy atom. The standard InChI is InChI=1S/C15H22N4O/c1-9-6-10(2)14(13(7-9)20-5)15(17-16)12-8-11(3)19(4)18-12/h6-8,15,17H,16H2,1-5H3. The van der Waals surface area contributed by atoms with Crippen molar-refractivity contribution < 1.29 is 4.74 Å². The van der Waals surface area contributed by atoms with E-state index >= 15 is 0 Å². The van der Waals surface area contributed by atoms with E-state index in [1.165, 1.54) is 0 Å². The molecule has 0 aliphatic rings. The van der Waals surface area contributed by atoms with Crippen LogP contribution in [0, 0.1) is 20.8 Å². The molecule has 1 aromatic carbocycles. The molecular formula is C15H22N4O. The highest BCUT2D eigenvalue weighted by Crippen LogP contribution is 2.33. The summed E-state index contributed by atoms with van der Waals surface area (Å²) >= 11 is 0. The van der Waals surface area contributed by atoms with E-state index in [1.807, 2.05) is 30.8 Å². The minimum absolute atomic E-state index is 0.189. The van der Waals surface area contributed by atoms with E-state index in [1.54, 1.807) is 7.11 Å². The molecule has 1 atom stereocenters. The second-order valence-electron chi connectivity index (χ2n) is 5.13. The number of nitrogens with zero attached hydrogens (tertiary/aromatic N) is 2. The van der Waals surface area contributed by atoms with Crippen LogP contribution in [0.5, 0.6) is 5.75 Å². The minimum atomic E-state index is -0.189. The number of methoxy groups -OCH3 is 1. The molecule has 0 bridgehead atoms. The van der Waals surface area contributed by atoms with Gasteiger partial charge >= 0.3 is 0 Å². The smallest absolute Gasteiger partial charge is 0.124 e. The van der Waals surface area contributed by atoms with Crippen LogP contribution in [0.4, 0.5) is 0 Å². The summed E-state index contributed by atoms with van der Waals surface area (Å²) in [6.45, 7) is 6.13. The molecule has 0 spiro atoms. The fourth-order valence-electron chi connectivity index (χ4n) is 2.52. The number of hydrazine groups is 1. The molecule has 1 unspecified atom stereocenters. The van der Waals surface area contributed by atoms with Gasteiger partial charge in [-0.3, -0.25) is 10.5 Å². The van der Waals surface area contributed by atoms with Crippen molar-refractivity contribution in [2.24, 2.45) is 12.9 Å². The predicted molar refractivity (Wildman–Crippen MR) is 79.6 cm³/mol. The normalized spacial score (nSPS) is 12.5. The maximum Gasteiger partial charge on any atom is 0.124 e. The number of hydrogen-bond donors (Lipinski definition) is 2. The lowest BCUT2D eigenvalue weighted by Crippen LogP contribution is -2.30. The van der Waals surface area contributed by atoms with Crippen LogP contribution in [0.1, 0.15) is 34.1 Å². The summed E-state index contributed by atoms with van der Waals surface area (Å²) in [7, 11) is 3.60. The molecule has 5 nitrogen and oxygen atoms in total. The zero-order valence-corrected chi connectivity index (χ0v) is 12.7. The van der Waals surface area contributed by atoms with Crippen molar-refractivity contribution in [2.75, 3.05) is 7.11 Å². The topological polar surface area (TPSA) is 65.1 Å². The van der Waals surface area contributed by atoms with Crippen molar-refractivity contribution in [3.05, 3.63) is 46.3 Å². The summed E-state index contributed by atoms with van der Waals surface area (Å²) in [5, 5.41) is 4.52. The molecule has 2 rings (SSSR count). The first-order chi connectivity index (χ1) is 9.47. The third-order valence-electron chi connectivity index (χ3n) is 3.60. The van der Waals surface area contributed by atoms with Gasteiger partial charge in [0.05, 0.1) is 18.8 Å². The van der Waals surface area contributed by atoms with Crippen LogP contribution in [-0.4, -0.2) is 16.9 Å². The number of rotatable bonds is 4. The number of nitrogens with one attached hydrogen (secondary N) is 1. The quantitative estimate of drug-likeness (QED) is 0.660. The Hall–Kier alpha value is -1.85. The highest BCUT2D eigenvalue weighted by atomic mass is 16.5. The second kappa shape index (κ2) is 5.64. The largest absolute Gasteiger partial charge is 0.496 e. The van der Waals surface area contributed by atoms with Crippen molar-refractivity contribution in [1.82, 2.24) is 15.2 Å². The van der Waals surface area contributed by atoms with E-state index in [4.69, 9.17) is 10.6 Å². The Kier molecular flexibility index (Phi) is 4.11. The van der Waals surface area contributed by atoms with Gasteiger partial charge in [0.15, 0.2) is 0 Å². The van der Waals surface area contributed by atoms with Crippen LogP contribution >= 0.6 is 0 Å². The molecule has 1 aromatic heterocycles. The Bertz CT molecular complexity index is 599.